The van der Waals surface area contributed by atoms with Crippen LogP contribution in [0.5, 0.6) is 5.75 Å². The molecule has 3 amide bonds. The molecule has 0 fully saturated rings. The lowest BCUT2D eigenvalue weighted by Crippen LogP contribution is -2.43. The van der Waals surface area contributed by atoms with Crippen molar-refractivity contribution in [2.45, 2.75) is 6.92 Å². The quantitative estimate of drug-likeness (QED) is 0.388. The lowest BCUT2D eigenvalue weighted by atomic mass is 10.1. The molecule has 0 spiro atoms. The lowest BCUT2D eigenvalue weighted by molar-refractivity contribution is 0.0935. The molecule has 0 atom stereocenters. The molecule has 4 aromatic rings. The first-order valence-corrected chi connectivity index (χ1v) is 8.94. The number of nitrogens with one attached hydrogen (secondary N) is 3. The summed E-state index contributed by atoms with van der Waals surface area (Å²) < 4.78 is 1.47. The number of carbonyl (C=O) groups is 2. The largest absolute Gasteiger partial charge is 0.507 e. The van der Waals surface area contributed by atoms with E-state index in [9.17, 15) is 14.7 Å². The van der Waals surface area contributed by atoms with E-state index in [1.54, 1.807) is 24.3 Å². The highest BCUT2D eigenvalue weighted by Gasteiger charge is 2.14. The van der Waals surface area contributed by atoms with Crippen molar-refractivity contribution in [1.29, 1.82) is 0 Å². The van der Waals surface area contributed by atoms with Gasteiger partial charge in [-0.1, -0.05) is 30.3 Å². The Balaban J connectivity index is 1.42. The standard InChI is InChI=1S/C20H17N7O3/c1-12-6-7-15(10-17(12)27-11-21-25-26-27)22-20(30)24-23-19(29)16-8-13-4-2-3-5-14(13)9-18(16)28/h2-11,28H,1H3,(H,23,29)(H2,22,24,30). The molecule has 0 bridgehead atoms. The maximum atomic E-state index is 12.4. The molecule has 0 unspecified atom stereocenters. The molecule has 0 aliphatic carbocycles. The predicted molar refractivity (Wildman–Crippen MR) is 109 cm³/mol. The van der Waals surface area contributed by atoms with Gasteiger partial charge in [-0.25, -0.2) is 14.9 Å². The number of phenols is 1. The Hall–Kier alpha value is -4.47. The minimum Gasteiger partial charge on any atom is -0.507 e. The molecule has 0 saturated heterocycles. The van der Waals surface area contributed by atoms with Gasteiger partial charge in [0.2, 0.25) is 0 Å². The fourth-order valence-corrected chi connectivity index (χ4v) is 2.96. The fraction of sp³-hybridized carbons (Fsp3) is 0.0500. The molecule has 0 aliphatic heterocycles. The second-order valence-corrected chi connectivity index (χ2v) is 6.51. The third kappa shape index (κ3) is 3.87. The number of hydrogen-bond donors (Lipinski definition) is 4. The van der Waals surface area contributed by atoms with E-state index in [0.29, 0.717) is 11.4 Å². The van der Waals surface area contributed by atoms with Crippen LogP contribution in [-0.4, -0.2) is 37.3 Å². The van der Waals surface area contributed by atoms with Gasteiger partial charge >= 0.3 is 6.03 Å². The van der Waals surface area contributed by atoms with Crippen molar-refractivity contribution in [3.05, 3.63) is 72.1 Å². The Morgan fingerprint density at radius 1 is 1.00 bits per heavy atom. The zero-order valence-electron chi connectivity index (χ0n) is 15.8. The van der Waals surface area contributed by atoms with E-state index in [-0.39, 0.29) is 11.3 Å². The Kier molecular flexibility index (Phi) is 4.95. The minimum absolute atomic E-state index is 0.0466. The number of aromatic hydroxyl groups is 1. The number of nitrogens with zero attached hydrogens (tertiary/aromatic N) is 4. The number of benzene rings is 3. The van der Waals surface area contributed by atoms with Crippen molar-refractivity contribution in [1.82, 2.24) is 31.1 Å². The van der Waals surface area contributed by atoms with E-state index in [4.69, 9.17) is 0 Å². The molecule has 0 saturated carbocycles. The van der Waals surface area contributed by atoms with Crippen LogP contribution in [0.3, 0.4) is 0 Å². The lowest BCUT2D eigenvalue weighted by Gasteiger charge is -2.12. The number of anilines is 1. The Labute approximate surface area is 170 Å². The zero-order chi connectivity index (χ0) is 21.1. The number of rotatable bonds is 3. The van der Waals surface area contributed by atoms with Crippen LogP contribution in [0.2, 0.25) is 0 Å². The minimum atomic E-state index is -0.657. The number of urea groups is 1. The smallest absolute Gasteiger partial charge is 0.337 e. The molecule has 1 heterocycles. The van der Waals surface area contributed by atoms with Crippen molar-refractivity contribution >= 4 is 28.4 Å². The topological polar surface area (TPSA) is 134 Å². The van der Waals surface area contributed by atoms with Gasteiger partial charge < -0.3 is 10.4 Å². The molecule has 10 heteroatoms. The Morgan fingerprint density at radius 2 is 1.77 bits per heavy atom. The van der Waals surface area contributed by atoms with E-state index in [2.05, 4.69) is 31.7 Å². The summed E-state index contributed by atoms with van der Waals surface area (Å²) in [6.07, 6.45) is 1.45. The zero-order valence-corrected chi connectivity index (χ0v) is 15.8. The van der Waals surface area contributed by atoms with Gasteiger partial charge in [-0.3, -0.25) is 10.2 Å². The first-order valence-electron chi connectivity index (χ1n) is 8.94. The highest BCUT2D eigenvalue weighted by atomic mass is 16.3. The van der Waals surface area contributed by atoms with E-state index < -0.39 is 11.9 Å². The molecule has 4 rings (SSSR count). The molecular weight excluding hydrogens is 386 g/mol. The van der Waals surface area contributed by atoms with Gasteiger partial charge in [0, 0.05) is 5.69 Å². The van der Waals surface area contributed by atoms with E-state index in [1.807, 2.05) is 31.2 Å². The number of aryl methyl sites for hydroxylation is 1. The van der Waals surface area contributed by atoms with Crippen LogP contribution in [0.1, 0.15) is 15.9 Å². The van der Waals surface area contributed by atoms with Crippen molar-refractivity contribution in [3.8, 4) is 11.4 Å². The molecule has 150 valence electrons. The number of fused-ring (bicyclic) bond motifs is 1. The number of phenolic OH excluding ortho intramolecular Hbond substituents is 1. The van der Waals surface area contributed by atoms with Crippen LogP contribution < -0.4 is 16.2 Å². The summed E-state index contributed by atoms with van der Waals surface area (Å²) in [7, 11) is 0. The second-order valence-electron chi connectivity index (χ2n) is 6.51. The van der Waals surface area contributed by atoms with Crippen molar-refractivity contribution in [2.75, 3.05) is 5.32 Å². The molecular formula is C20H17N7O3. The van der Waals surface area contributed by atoms with Crippen LogP contribution in [0.25, 0.3) is 16.5 Å². The third-order valence-corrected chi connectivity index (χ3v) is 4.46. The molecule has 30 heavy (non-hydrogen) atoms. The van der Waals surface area contributed by atoms with Gasteiger partial charge in [-0.05, 0) is 58.0 Å². The van der Waals surface area contributed by atoms with Crippen LogP contribution >= 0.6 is 0 Å². The first kappa shape index (κ1) is 18.9. The summed E-state index contributed by atoms with van der Waals surface area (Å²) in [5.74, 6) is -0.829. The number of carbonyl (C=O) groups excluding carboxylic acids is 2. The third-order valence-electron chi connectivity index (χ3n) is 4.46. The Morgan fingerprint density at radius 3 is 2.50 bits per heavy atom. The highest BCUT2D eigenvalue weighted by molar-refractivity contribution is 6.02. The summed E-state index contributed by atoms with van der Waals surface area (Å²) in [5, 5.41) is 25.4. The van der Waals surface area contributed by atoms with Gasteiger partial charge in [-0.2, -0.15) is 0 Å². The SMILES string of the molecule is Cc1ccc(NC(=O)NNC(=O)c2cc3ccccc3cc2O)cc1-n1cnnn1. The van der Waals surface area contributed by atoms with Gasteiger partial charge in [0.15, 0.2) is 0 Å². The van der Waals surface area contributed by atoms with Crippen LogP contribution in [0.4, 0.5) is 10.5 Å². The molecule has 1 aromatic heterocycles. The van der Waals surface area contributed by atoms with Crippen molar-refractivity contribution in [3.63, 3.8) is 0 Å². The van der Waals surface area contributed by atoms with Crippen LogP contribution in [-0.2, 0) is 0 Å². The van der Waals surface area contributed by atoms with Gasteiger partial charge in [0.25, 0.3) is 5.91 Å². The molecule has 4 N–H and O–H groups in total. The number of hydrogen-bond acceptors (Lipinski definition) is 6. The maximum absolute atomic E-state index is 12.4. The van der Waals surface area contributed by atoms with E-state index in [0.717, 1.165) is 16.3 Å². The van der Waals surface area contributed by atoms with E-state index >= 15 is 0 Å². The fourth-order valence-electron chi connectivity index (χ4n) is 2.96. The maximum Gasteiger partial charge on any atom is 0.337 e. The monoisotopic (exact) mass is 403 g/mol. The molecule has 0 aliphatic rings. The number of tetrazole rings is 1. The summed E-state index contributed by atoms with van der Waals surface area (Å²) in [6, 6.07) is 14.9. The summed E-state index contributed by atoms with van der Waals surface area (Å²) in [6.45, 7) is 1.89. The van der Waals surface area contributed by atoms with Gasteiger partial charge in [0.05, 0.1) is 11.3 Å². The first-order chi connectivity index (χ1) is 14.5. The normalized spacial score (nSPS) is 10.6. The summed E-state index contributed by atoms with van der Waals surface area (Å²) in [5.41, 5.74) is 6.68. The number of hydrazine groups is 1. The average Bonchev–Trinajstić information content (AvgIpc) is 3.27. The predicted octanol–water partition coefficient (Wildman–Crippen LogP) is 2.30. The average molecular weight is 403 g/mol. The van der Waals surface area contributed by atoms with Gasteiger partial charge in [-0.15, -0.1) is 5.10 Å². The number of aromatic nitrogens is 4. The molecule has 3 aromatic carbocycles. The Bertz CT molecular complexity index is 1240. The number of amides is 3. The van der Waals surface area contributed by atoms with Crippen LogP contribution in [0, 0.1) is 6.92 Å². The van der Waals surface area contributed by atoms with E-state index in [1.165, 1.54) is 17.1 Å². The van der Waals surface area contributed by atoms with Crippen molar-refractivity contribution in [2.24, 2.45) is 0 Å². The second kappa shape index (κ2) is 7.87. The van der Waals surface area contributed by atoms with Crippen LogP contribution in [0.15, 0.2) is 60.9 Å². The highest BCUT2D eigenvalue weighted by Crippen LogP contribution is 2.24. The summed E-state index contributed by atoms with van der Waals surface area (Å²) >= 11 is 0. The van der Waals surface area contributed by atoms with Gasteiger partial charge in [0.1, 0.15) is 12.1 Å². The molecule has 0 radical (unpaired) electrons. The van der Waals surface area contributed by atoms with Crippen molar-refractivity contribution < 1.29 is 14.7 Å². The molecule has 10 nitrogen and oxygen atoms in total. The summed E-state index contributed by atoms with van der Waals surface area (Å²) in [4.78, 5) is 24.6.